The second-order valence-corrected chi connectivity index (χ2v) is 2.88. The van der Waals surface area contributed by atoms with Crippen molar-refractivity contribution in [3.8, 4) is 0 Å². The second-order valence-electron chi connectivity index (χ2n) is 1.38. The molecule has 6 nitrogen and oxygen atoms in total. The lowest BCUT2D eigenvalue weighted by molar-refractivity contribution is 0.278. The lowest BCUT2D eigenvalue weighted by Crippen LogP contribution is -2.07. The first-order valence-corrected chi connectivity index (χ1v) is 4.00. The van der Waals surface area contributed by atoms with Crippen LogP contribution in [-0.4, -0.2) is 41.1 Å². The molecule has 66 valence electrons. The molecule has 0 aliphatic heterocycles. The van der Waals surface area contributed by atoms with Crippen molar-refractivity contribution in [2.45, 2.75) is 0 Å². The molecule has 0 aliphatic carbocycles. The van der Waals surface area contributed by atoms with Crippen LogP contribution < -0.4 is 0 Å². The molecule has 0 aromatic rings. The zero-order chi connectivity index (χ0) is 9.49. The van der Waals surface area contributed by atoms with Crippen LogP contribution in [0.15, 0.2) is 12.7 Å². The molecule has 0 rings (SSSR count). The van der Waals surface area contributed by atoms with Crippen LogP contribution in [0, 0.1) is 0 Å². The summed E-state index contributed by atoms with van der Waals surface area (Å²) < 4.78 is 27.3. The van der Waals surface area contributed by atoms with Gasteiger partial charge in [-0.2, -0.15) is 8.42 Å². The molecule has 0 amide bonds. The van der Waals surface area contributed by atoms with Crippen LogP contribution in [0.2, 0.25) is 0 Å². The molecular weight excluding hydrogens is 175 g/mol. The number of hydrogen-bond donors (Lipinski definition) is 4. The van der Waals surface area contributed by atoms with Gasteiger partial charge in [0.2, 0.25) is 0 Å². The third-order valence-corrected chi connectivity index (χ3v) is 0.985. The second kappa shape index (κ2) is 6.31. The molecule has 0 radical (unpaired) electrons. The highest BCUT2D eigenvalue weighted by Gasteiger charge is 1.95. The maximum Gasteiger partial charge on any atom is 0.631 e. The van der Waals surface area contributed by atoms with Crippen LogP contribution in [0.5, 0.6) is 0 Å². The van der Waals surface area contributed by atoms with Gasteiger partial charge >= 0.3 is 7.32 Å². The summed E-state index contributed by atoms with van der Waals surface area (Å²) in [6, 6.07) is 0. The van der Waals surface area contributed by atoms with Crippen molar-refractivity contribution in [3.05, 3.63) is 12.7 Å². The Bertz CT molecular complexity index is 181. The minimum atomic E-state index is -3.79. The van der Waals surface area contributed by atoms with Crippen molar-refractivity contribution in [1.82, 2.24) is 0 Å². The topological polar surface area (TPSA) is 115 Å². The molecule has 0 heterocycles. The van der Waals surface area contributed by atoms with Crippen LogP contribution in [0.3, 0.4) is 0 Å². The van der Waals surface area contributed by atoms with Crippen molar-refractivity contribution in [2.75, 3.05) is 5.75 Å². The van der Waals surface area contributed by atoms with Gasteiger partial charge in [-0.3, -0.25) is 4.55 Å². The van der Waals surface area contributed by atoms with Gasteiger partial charge in [0.25, 0.3) is 10.1 Å². The van der Waals surface area contributed by atoms with Gasteiger partial charge in [0.15, 0.2) is 0 Å². The van der Waals surface area contributed by atoms with E-state index in [1.807, 2.05) is 0 Å². The summed E-state index contributed by atoms with van der Waals surface area (Å²) in [6.45, 7) is 3.11. The fraction of sp³-hybridized carbons (Fsp3) is 0.333. The van der Waals surface area contributed by atoms with E-state index in [4.69, 9.17) is 19.6 Å². The molecule has 0 fully saturated rings. The minimum absolute atomic E-state index is 0.368. The number of rotatable bonds is 2. The first-order chi connectivity index (χ1) is 4.79. The molecule has 0 bridgehead atoms. The average molecular weight is 184 g/mol. The zero-order valence-electron chi connectivity index (χ0n) is 5.58. The molecule has 0 aromatic heterocycles. The molecule has 0 aliphatic rings. The fourth-order valence-corrected chi connectivity index (χ4v) is 0.447. The van der Waals surface area contributed by atoms with Crippen LogP contribution in [0.4, 0.5) is 0 Å². The van der Waals surface area contributed by atoms with Crippen molar-refractivity contribution < 1.29 is 28.0 Å². The SMILES string of the molecule is C=CCS(=O)(=O)O.OB(O)O. The lowest BCUT2D eigenvalue weighted by Gasteiger charge is -1.82. The summed E-state index contributed by atoms with van der Waals surface area (Å²) in [5, 5.41) is 21.5. The smallest absolute Gasteiger partial charge is 0.402 e. The predicted octanol–water partition coefficient (Wildman–Crippen LogP) is -1.99. The lowest BCUT2D eigenvalue weighted by atomic mass is 10.3. The van der Waals surface area contributed by atoms with E-state index in [0.29, 0.717) is 0 Å². The van der Waals surface area contributed by atoms with E-state index in [-0.39, 0.29) is 5.75 Å². The molecule has 0 unspecified atom stereocenters. The summed E-state index contributed by atoms with van der Waals surface area (Å²) >= 11 is 0. The number of hydrogen-bond acceptors (Lipinski definition) is 5. The van der Waals surface area contributed by atoms with E-state index in [0.717, 1.165) is 6.08 Å². The zero-order valence-corrected chi connectivity index (χ0v) is 6.40. The summed E-state index contributed by atoms with van der Waals surface area (Å²) in [5.74, 6) is -0.368. The largest absolute Gasteiger partial charge is 0.631 e. The Labute approximate surface area is 64.7 Å². The van der Waals surface area contributed by atoms with E-state index in [2.05, 4.69) is 6.58 Å². The van der Waals surface area contributed by atoms with Gasteiger partial charge in [-0.1, -0.05) is 6.08 Å². The third-order valence-electron chi connectivity index (χ3n) is 0.328. The fourth-order valence-electron chi connectivity index (χ4n) is 0.149. The van der Waals surface area contributed by atoms with E-state index < -0.39 is 17.4 Å². The van der Waals surface area contributed by atoms with Gasteiger partial charge in [0.05, 0.1) is 5.75 Å². The van der Waals surface area contributed by atoms with E-state index >= 15 is 0 Å². The predicted molar refractivity (Wildman–Crippen MR) is 39.0 cm³/mol. The van der Waals surface area contributed by atoms with Crippen LogP contribution in [0.25, 0.3) is 0 Å². The molecule has 8 heteroatoms. The van der Waals surface area contributed by atoms with Crippen LogP contribution in [0.1, 0.15) is 0 Å². The molecule has 4 N–H and O–H groups in total. The van der Waals surface area contributed by atoms with Gasteiger partial charge < -0.3 is 15.1 Å². The highest BCUT2D eigenvalue weighted by atomic mass is 32.2. The maximum atomic E-state index is 9.72. The summed E-state index contributed by atoms with van der Waals surface area (Å²) in [5.41, 5.74) is 0. The first kappa shape index (κ1) is 13.2. The van der Waals surface area contributed by atoms with Gasteiger partial charge in [0, 0.05) is 0 Å². The van der Waals surface area contributed by atoms with Crippen molar-refractivity contribution >= 4 is 17.4 Å². The van der Waals surface area contributed by atoms with Crippen molar-refractivity contribution in [2.24, 2.45) is 0 Å². The Morgan fingerprint density at radius 1 is 1.36 bits per heavy atom. The van der Waals surface area contributed by atoms with Gasteiger partial charge in [-0.05, 0) is 0 Å². The summed E-state index contributed by atoms with van der Waals surface area (Å²) in [4.78, 5) is 0. The van der Waals surface area contributed by atoms with Crippen molar-refractivity contribution in [3.63, 3.8) is 0 Å². The molecule has 11 heavy (non-hydrogen) atoms. The Morgan fingerprint density at radius 2 is 1.64 bits per heavy atom. The summed E-state index contributed by atoms with van der Waals surface area (Å²) in [6.07, 6.45) is 1.12. The molecule has 0 aromatic carbocycles. The molecule has 0 saturated heterocycles. The molecule has 0 atom stereocenters. The molecule has 0 saturated carbocycles. The molecule has 0 spiro atoms. The monoisotopic (exact) mass is 184 g/mol. The Balaban J connectivity index is 0. The Hall–Kier alpha value is -0.405. The van der Waals surface area contributed by atoms with Gasteiger partial charge in [-0.15, -0.1) is 6.58 Å². The van der Waals surface area contributed by atoms with Crippen molar-refractivity contribution in [1.29, 1.82) is 0 Å². The van der Waals surface area contributed by atoms with E-state index in [9.17, 15) is 8.42 Å². The normalized spacial score (nSPS) is 9.45. The Morgan fingerprint density at radius 3 is 1.64 bits per heavy atom. The maximum absolute atomic E-state index is 9.72. The summed E-state index contributed by atoms with van der Waals surface area (Å²) in [7, 11) is -5.96. The third kappa shape index (κ3) is 42.8. The molecular formula is C3H9BO6S. The van der Waals surface area contributed by atoms with Crippen LogP contribution >= 0.6 is 0 Å². The highest BCUT2D eigenvalue weighted by molar-refractivity contribution is 7.85. The Kier molecular flexibility index (Phi) is 7.58. The van der Waals surface area contributed by atoms with Crippen LogP contribution in [-0.2, 0) is 10.1 Å². The minimum Gasteiger partial charge on any atom is -0.402 e. The standard InChI is InChI=1S/C3H6O3S.BH3O3/c1-2-3-7(4,5)6;2-1(3)4/h2H,1,3H2,(H,4,5,6);2-4H. The van der Waals surface area contributed by atoms with Gasteiger partial charge in [-0.25, -0.2) is 0 Å². The average Bonchev–Trinajstić information content (AvgIpc) is 1.58. The highest BCUT2D eigenvalue weighted by Crippen LogP contribution is 1.78. The first-order valence-electron chi connectivity index (χ1n) is 2.40. The quantitative estimate of drug-likeness (QED) is 0.224. The van der Waals surface area contributed by atoms with Gasteiger partial charge in [0.1, 0.15) is 0 Å². The van der Waals surface area contributed by atoms with E-state index in [1.165, 1.54) is 0 Å². The van der Waals surface area contributed by atoms with E-state index in [1.54, 1.807) is 0 Å².